The van der Waals surface area contributed by atoms with Gasteiger partial charge in [-0.2, -0.15) is 0 Å². The van der Waals surface area contributed by atoms with E-state index in [-0.39, 0.29) is 24.8 Å². The predicted molar refractivity (Wildman–Crippen MR) is 116 cm³/mol. The van der Waals surface area contributed by atoms with Gasteiger partial charge in [-0.3, -0.25) is 9.59 Å². The quantitative estimate of drug-likeness (QED) is 0.548. The number of hydrogen-bond acceptors (Lipinski definition) is 3. The molecule has 0 heterocycles. The number of carbonyl (C=O) groups excluding carboxylic acids is 2. The van der Waals surface area contributed by atoms with Gasteiger partial charge in [0.1, 0.15) is 11.8 Å². The Morgan fingerprint density at radius 2 is 1.79 bits per heavy atom. The number of nitrogens with one attached hydrogen (secondary N) is 1. The van der Waals surface area contributed by atoms with Gasteiger partial charge in [0.25, 0.3) is 0 Å². The number of benzene rings is 2. The van der Waals surface area contributed by atoms with Crippen LogP contribution in [0, 0.1) is 0 Å². The molecule has 0 bridgehead atoms. The third kappa shape index (κ3) is 7.26. The van der Waals surface area contributed by atoms with Gasteiger partial charge in [-0.05, 0) is 56.2 Å². The molecule has 0 aliphatic rings. The Hall–Kier alpha value is -2.24. The largest absolute Gasteiger partial charge is 0.494 e. The Balaban J connectivity index is 1.98. The lowest BCUT2D eigenvalue weighted by Crippen LogP contribution is -2.47. The van der Waals surface area contributed by atoms with Crippen LogP contribution in [0.25, 0.3) is 0 Å². The normalized spacial score (nSPS) is 11.6. The predicted octanol–water partition coefficient (Wildman–Crippen LogP) is 4.71. The summed E-state index contributed by atoms with van der Waals surface area (Å²) in [6, 6.07) is 13.8. The Labute approximate surface area is 181 Å². The van der Waals surface area contributed by atoms with Crippen molar-refractivity contribution >= 4 is 35.0 Å². The van der Waals surface area contributed by atoms with Gasteiger partial charge in [0.2, 0.25) is 11.8 Å². The van der Waals surface area contributed by atoms with E-state index in [1.54, 1.807) is 42.2 Å². The Kier molecular flexibility index (Phi) is 9.29. The van der Waals surface area contributed by atoms with Crippen LogP contribution in [0.2, 0.25) is 10.0 Å². The molecule has 0 aromatic heterocycles. The monoisotopic (exact) mass is 436 g/mol. The van der Waals surface area contributed by atoms with Gasteiger partial charge < -0.3 is 15.0 Å². The highest BCUT2D eigenvalue weighted by Crippen LogP contribution is 2.20. The number of hydrogen-bond donors (Lipinski definition) is 1. The van der Waals surface area contributed by atoms with E-state index in [4.69, 9.17) is 27.9 Å². The van der Waals surface area contributed by atoms with Crippen LogP contribution in [-0.4, -0.2) is 35.9 Å². The van der Waals surface area contributed by atoms with Crippen molar-refractivity contribution in [1.82, 2.24) is 10.2 Å². The van der Waals surface area contributed by atoms with Crippen molar-refractivity contribution < 1.29 is 14.3 Å². The number of carbonyl (C=O) groups is 2. The van der Waals surface area contributed by atoms with Crippen molar-refractivity contribution in [2.45, 2.75) is 39.3 Å². The minimum absolute atomic E-state index is 0.122. The summed E-state index contributed by atoms with van der Waals surface area (Å²) in [6.45, 7) is 4.74. The van der Waals surface area contributed by atoms with Crippen molar-refractivity contribution in [3.8, 4) is 5.75 Å². The molecule has 7 heteroatoms. The first-order valence-corrected chi connectivity index (χ1v) is 10.4. The molecule has 0 aliphatic heterocycles. The first-order valence-electron chi connectivity index (χ1n) is 9.61. The average Bonchev–Trinajstić information content (AvgIpc) is 2.71. The third-order valence-electron chi connectivity index (χ3n) is 4.43. The van der Waals surface area contributed by atoms with E-state index in [1.165, 1.54) is 0 Å². The topological polar surface area (TPSA) is 58.6 Å². The van der Waals surface area contributed by atoms with Crippen LogP contribution < -0.4 is 10.1 Å². The van der Waals surface area contributed by atoms with Gasteiger partial charge in [0.15, 0.2) is 0 Å². The van der Waals surface area contributed by atoms with Gasteiger partial charge in [-0.1, -0.05) is 41.4 Å². The molecule has 2 aromatic rings. The lowest BCUT2D eigenvalue weighted by Gasteiger charge is -2.29. The van der Waals surface area contributed by atoms with E-state index in [0.717, 1.165) is 5.56 Å². The van der Waals surface area contributed by atoms with Gasteiger partial charge in [0.05, 0.1) is 6.61 Å². The molecule has 1 atom stereocenters. The summed E-state index contributed by atoms with van der Waals surface area (Å²) in [4.78, 5) is 26.8. The van der Waals surface area contributed by atoms with Gasteiger partial charge in [-0.25, -0.2) is 0 Å². The first-order chi connectivity index (χ1) is 13.9. The van der Waals surface area contributed by atoms with Gasteiger partial charge >= 0.3 is 0 Å². The van der Waals surface area contributed by atoms with Crippen molar-refractivity contribution in [1.29, 1.82) is 0 Å². The lowest BCUT2D eigenvalue weighted by molar-refractivity contribution is -0.140. The van der Waals surface area contributed by atoms with Crippen molar-refractivity contribution in [2.24, 2.45) is 0 Å². The molecular formula is C22H26Cl2N2O3. The van der Waals surface area contributed by atoms with Gasteiger partial charge in [-0.15, -0.1) is 0 Å². The number of halogens is 2. The second kappa shape index (κ2) is 11.7. The SMILES string of the molecule is CCNC(=O)C(C)N(Cc1ccccc1Cl)C(=O)CCCOc1ccc(Cl)cc1. The smallest absolute Gasteiger partial charge is 0.242 e. The van der Waals surface area contributed by atoms with Crippen molar-refractivity contribution in [3.05, 3.63) is 64.1 Å². The molecule has 2 amide bonds. The zero-order chi connectivity index (χ0) is 21.2. The third-order valence-corrected chi connectivity index (χ3v) is 5.05. The zero-order valence-corrected chi connectivity index (χ0v) is 18.2. The standard InChI is InChI=1S/C22H26Cl2N2O3/c1-3-25-22(28)16(2)26(15-17-7-4-5-8-20(17)24)21(27)9-6-14-29-19-12-10-18(23)11-13-19/h4-5,7-8,10-13,16H,3,6,9,14-15H2,1-2H3,(H,25,28). The number of rotatable bonds is 10. The molecule has 0 fully saturated rings. The van der Waals surface area contributed by atoms with E-state index < -0.39 is 6.04 Å². The molecule has 2 aromatic carbocycles. The maximum absolute atomic E-state index is 12.9. The molecule has 2 rings (SSSR count). The fourth-order valence-electron chi connectivity index (χ4n) is 2.80. The molecule has 1 N–H and O–H groups in total. The van der Waals surface area contributed by atoms with Crippen LogP contribution in [0.4, 0.5) is 0 Å². The maximum Gasteiger partial charge on any atom is 0.242 e. The highest BCUT2D eigenvalue weighted by atomic mass is 35.5. The van der Waals surface area contributed by atoms with E-state index in [9.17, 15) is 9.59 Å². The van der Waals surface area contributed by atoms with E-state index >= 15 is 0 Å². The summed E-state index contributed by atoms with van der Waals surface area (Å²) < 4.78 is 5.65. The fourth-order valence-corrected chi connectivity index (χ4v) is 3.12. The maximum atomic E-state index is 12.9. The van der Waals surface area contributed by atoms with Crippen LogP contribution in [0.15, 0.2) is 48.5 Å². The van der Waals surface area contributed by atoms with Crippen molar-refractivity contribution in [3.63, 3.8) is 0 Å². The Bertz CT molecular complexity index is 812. The molecular weight excluding hydrogens is 411 g/mol. The summed E-state index contributed by atoms with van der Waals surface area (Å²) >= 11 is 12.1. The molecule has 29 heavy (non-hydrogen) atoms. The highest BCUT2D eigenvalue weighted by molar-refractivity contribution is 6.31. The minimum Gasteiger partial charge on any atom is -0.494 e. The molecule has 0 saturated heterocycles. The number of likely N-dealkylation sites (N-methyl/N-ethyl adjacent to an activating group) is 1. The van der Waals surface area contributed by atoms with Crippen LogP contribution in [0.3, 0.4) is 0 Å². The highest BCUT2D eigenvalue weighted by Gasteiger charge is 2.26. The lowest BCUT2D eigenvalue weighted by atomic mass is 10.1. The second-order valence-corrected chi connectivity index (χ2v) is 7.43. The Morgan fingerprint density at radius 1 is 1.10 bits per heavy atom. The molecule has 0 spiro atoms. The summed E-state index contributed by atoms with van der Waals surface area (Å²) in [5, 5.41) is 3.98. The van der Waals surface area contributed by atoms with Crippen LogP contribution >= 0.6 is 23.2 Å². The Morgan fingerprint density at radius 3 is 2.45 bits per heavy atom. The second-order valence-electron chi connectivity index (χ2n) is 6.59. The zero-order valence-electron chi connectivity index (χ0n) is 16.7. The van der Waals surface area contributed by atoms with Crippen LogP contribution in [-0.2, 0) is 16.1 Å². The molecule has 0 aliphatic carbocycles. The molecule has 5 nitrogen and oxygen atoms in total. The van der Waals surface area contributed by atoms with Crippen molar-refractivity contribution in [2.75, 3.05) is 13.2 Å². The molecule has 0 saturated carbocycles. The van der Waals surface area contributed by atoms with E-state index in [0.29, 0.717) is 35.4 Å². The number of nitrogens with zero attached hydrogens (tertiary/aromatic N) is 1. The molecule has 156 valence electrons. The number of amides is 2. The summed E-state index contributed by atoms with van der Waals surface area (Å²) in [6.07, 6.45) is 0.796. The van der Waals surface area contributed by atoms with E-state index in [1.807, 2.05) is 25.1 Å². The van der Waals surface area contributed by atoms with Gasteiger partial charge in [0, 0.05) is 29.6 Å². The number of ether oxygens (including phenoxy) is 1. The van der Waals surface area contributed by atoms with Crippen LogP contribution in [0.1, 0.15) is 32.3 Å². The molecule has 1 unspecified atom stereocenters. The fraction of sp³-hybridized carbons (Fsp3) is 0.364. The average molecular weight is 437 g/mol. The van der Waals surface area contributed by atoms with E-state index in [2.05, 4.69) is 5.32 Å². The minimum atomic E-state index is -0.601. The summed E-state index contributed by atoms with van der Waals surface area (Å²) in [5.41, 5.74) is 0.802. The first kappa shape index (κ1) is 23.0. The van der Waals surface area contributed by atoms with Crippen LogP contribution in [0.5, 0.6) is 5.75 Å². The molecule has 0 radical (unpaired) electrons. The summed E-state index contributed by atoms with van der Waals surface area (Å²) in [7, 11) is 0. The summed E-state index contributed by atoms with van der Waals surface area (Å²) in [5.74, 6) is 0.388.